The van der Waals surface area contributed by atoms with E-state index in [1.165, 1.54) is 6.07 Å². The fraction of sp³-hybridized carbons (Fsp3) is 0.364. The Morgan fingerprint density at radius 1 is 1.53 bits per heavy atom. The average molecular weight is 275 g/mol. The smallest absolute Gasteiger partial charge is 0.310 e. The Bertz CT molecular complexity index is 354. The van der Waals surface area contributed by atoms with Crippen LogP contribution in [0.4, 0.5) is 4.39 Å². The van der Waals surface area contributed by atoms with Gasteiger partial charge in [-0.25, -0.2) is 4.39 Å². The van der Waals surface area contributed by atoms with Gasteiger partial charge in [0, 0.05) is 10.0 Å². The number of aryl methyl sites for hydroxylation is 1. The minimum absolute atomic E-state index is 0.0411. The number of ether oxygens (including phenoxy) is 1. The van der Waals surface area contributed by atoms with Crippen molar-refractivity contribution in [2.24, 2.45) is 0 Å². The molecular weight excluding hydrogens is 263 g/mol. The number of carbonyl (C=O) groups is 1. The van der Waals surface area contributed by atoms with Gasteiger partial charge in [-0.1, -0.05) is 15.9 Å². The van der Waals surface area contributed by atoms with Crippen molar-refractivity contribution in [3.63, 3.8) is 0 Å². The summed E-state index contributed by atoms with van der Waals surface area (Å²) in [5.74, 6) is -0.795. The summed E-state index contributed by atoms with van der Waals surface area (Å²) in [6.45, 7) is 3.82. The van der Waals surface area contributed by atoms with E-state index in [9.17, 15) is 9.18 Å². The monoisotopic (exact) mass is 274 g/mol. The molecule has 0 spiro atoms. The first-order valence-corrected chi connectivity index (χ1v) is 5.44. The van der Waals surface area contributed by atoms with Crippen LogP contribution in [0.2, 0.25) is 0 Å². The molecule has 2 nitrogen and oxygen atoms in total. The number of carbonyl (C=O) groups excluding carboxylic acids is 1. The van der Waals surface area contributed by atoms with E-state index >= 15 is 0 Å². The molecular formula is C11H12BrFO2. The third kappa shape index (κ3) is 3.30. The summed E-state index contributed by atoms with van der Waals surface area (Å²) in [6.07, 6.45) is -0.0411. The van der Waals surface area contributed by atoms with Gasteiger partial charge in [0.15, 0.2) is 0 Å². The Labute approximate surface area is 96.6 Å². The molecule has 0 aliphatic heterocycles. The molecule has 1 aromatic carbocycles. The SMILES string of the molecule is CCOC(=O)Cc1c(F)cc(C)cc1Br. The van der Waals surface area contributed by atoms with Crippen LogP contribution in [-0.2, 0) is 16.0 Å². The highest BCUT2D eigenvalue weighted by molar-refractivity contribution is 9.10. The van der Waals surface area contributed by atoms with Gasteiger partial charge in [0.1, 0.15) is 5.82 Å². The maximum absolute atomic E-state index is 13.5. The van der Waals surface area contributed by atoms with E-state index in [0.29, 0.717) is 16.6 Å². The lowest BCUT2D eigenvalue weighted by molar-refractivity contribution is -0.142. The average Bonchev–Trinajstić information content (AvgIpc) is 2.11. The Balaban J connectivity index is 2.90. The number of halogens is 2. The second-order valence-electron chi connectivity index (χ2n) is 3.19. The summed E-state index contributed by atoms with van der Waals surface area (Å²) >= 11 is 3.23. The van der Waals surface area contributed by atoms with Crippen molar-refractivity contribution in [2.75, 3.05) is 6.61 Å². The first-order valence-electron chi connectivity index (χ1n) is 4.64. The van der Waals surface area contributed by atoms with E-state index in [-0.39, 0.29) is 12.2 Å². The number of esters is 1. The number of rotatable bonds is 3. The van der Waals surface area contributed by atoms with Gasteiger partial charge in [-0.3, -0.25) is 4.79 Å². The summed E-state index contributed by atoms with van der Waals surface area (Å²) in [5, 5.41) is 0. The quantitative estimate of drug-likeness (QED) is 0.793. The Hall–Kier alpha value is -0.900. The molecule has 1 aromatic rings. The molecule has 82 valence electrons. The Morgan fingerprint density at radius 3 is 2.73 bits per heavy atom. The molecule has 0 saturated carbocycles. The molecule has 0 radical (unpaired) electrons. The lowest BCUT2D eigenvalue weighted by Crippen LogP contribution is -2.09. The molecule has 0 atom stereocenters. The van der Waals surface area contributed by atoms with Crippen molar-refractivity contribution in [1.82, 2.24) is 0 Å². The van der Waals surface area contributed by atoms with Crippen LogP contribution < -0.4 is 0 Å². The Kier molecular flexibility index (Phi) is 4.27. The minimum Gasteiger partial charge on any atom is -0.466 e. The summed E-state index contributed by atoms with van der Waals surface area (Å²) in [4.78, 5) is 11.2. The molecule has 0 aliphatic carbocycles. The first kappa shape index (κ1) is 12.2. The molecule has 4 heteroatoms. The highest BCUT2D eigenvalue weighted by Crippen LogP contribution is 2.22. The van der Waals surface area contributed by atoms with Crippen LogP contribution in [-0.4, -0.2) is 12.6 Å². The van der Waals surface area contributed by atoms with Gasteiger partial charge in [0.05, 0.1) is 13.0 Å². The summed E-state index contributed by atoms with van der Waals surface area (Å²) < 4.78 is 18.8. The largest absolute Gasteiger partial charge is 0.466 e. The second-order valence-corrected chi connectivity index (χ2v) is 4.04. The second kappa shape index (κ2) is 5.26. The number of hydrogen-bond acceptors (Lipinski definition) is 2. The molecule has 0 fully saturated rings. The molecule has 0 bridgehead atoms. The van der Waals surface area contributed by atoms with Crippen molar-refractivity contribution < 1.29 is 13.9 Å². The number of hydrogen-bond donors (Lipinski definition) is 0. The van der Waals surface area contributed by atoms with Crippen LogP contribution in [0.1, 0.15) is 18.1 Å². The van der Waals surface area contributed by atoms with Crippen molar-refractivity contribution in [3.8, 4) is 0 Å². The van der Waals surface area contributed by atoms with Crippen LogP contribution in [0.5, 0.6) is 0 Å². The zero-order chi connectivity index (χ0) is 11.4. The summed E-state index contributed by atoms with van der Waals surface area (Å²) in [7, 11) is 0. The van der Waals surface area contributed by atoms with E-state index in [1.54, 1.807) is 19.9 Å². The standard InChI is InChI=1S/C11H12BrFO2/c1-3-15-11(14)6-8-9(12)4-7(2)5-10(8)13/h4-5H,3,6H2,1-2H3. The lowest BCUT2D eigenvalue weighted by Gasteiger charge is -2.07. The van der Waals surface area contributed by atoms with Crippen LogP contribution in [0.15, 0.2) is 16.6 Å². The molecule has 0 aliphatic rings. The third-order valence-corrected chi connectivity index (χ3v) is 2.62. The Morgan fingerprint density at radius 2 is 2.20 bits per heavy atom. The van der Waals surface area contributed by atoms with Gasteiger partial charge >= 0.3 is 5.97 Å². The van der Waals surface area contributed by atoms with E-state index in [4.69, 9.17) is 4.74 Å². The highest BCUT2D eigenvalue weighted by Gasteiger charge is 2.12. The van der Waals surface area contributed by atoms with Crippen molar-refractivity contribution in [1.29, 1.82) is 0 Å². The third-order valence-electron chi connectivity index (χ3n) is 1.91. The van der Waals surface area contributed by atoms with Gasteiger partial charge in [0.25, 0.3) is 0 Å². The van der Waals surface area contributed by atoms with Gasteiger partial charge < -0.3 is 4.74 Å². The summed E-state index contributed by atoms with van der Waals surface area (Å²) in [5.41, 5.74) is 1.16. The van der Waals surface area contributed by atoms with E-state index in [0.717, 1.165) is 5.56 Å². The molecule has 1 rings (SSSR count). The lowest BCUT2D eigenvalue weighted by atomic mass is 10.1. The molecule has 0 unspecified atom stereocenters. The number of benzene rings is 1. The predicted molar refractivity (Wildman–Crippen MR) is 59.2 cm³/mol. The van der Waals surface area contributed by atoms with Gasteiger partial charge in [-0.05, 0) is 31.5 Å². The molecule has 0 amide bonds. The fourth-order valence-electron chi connectivity index (χ4n) is 1.25. The molecule has 0 saturated heterocycles. The molecule has 15 heavy (non-hydrogen) atoms. The fourth-order valence-corrected chi connectivity index (χ4v) is 1.95. The summed E-state index contributed by atoms with van der Waals surface area (Å²) in [6, 6.07) is 3.18. The normalized spacial score (nSPS) is 10.1. The van der Waals surface area contributed by atoms with Crippen LogP contribution in [0, 0.1) is 12.7 Å². The topological polar surface area (TPSA) is 26.3 Å². The van der Waals surface area contributed by atoms with Gasteiger partial charge in [-0.15, -0.1) is 0 Å². The van der Waals surface area contributed by atoms with Crippen LogP contribution in [0.3, 0.4) is 0 Å². The van der Waals surface area contributed by atoms with E-state index in [2.05, 4.69) is 15.9 Å². The van der Waals surface area contributed by atoms with Gasteiger partial charge in [0.2, 0.25) is 0 Å². The zero-order valence-corrected chi connectivity index (χ0v) is 10.2. The molecule has 0 aromatic heterocycles. The van der Waals surface area contributed by atoms with E-state index in [1.807, 2.05) is 0 Å². The predicted octanol–water partition coefficient (Wildman–Crippen LogP) is 3.00. The highest BCUT2D eigenvalue weighted by atomic mass is 79.9. The van der Waals surface area contributed by atoms with Crippen LogP contribution in [0.25, 0.3) is 0 Å². The van der Waals surface area contributed by atoms with Crippen molar-refractivity contribution in [2.45, 2.75) is 20.3 Å². The maximum Gasteiger partial charge on any atom is 0.310 e. The van der Waals surface area contributed by atoms with Crippen molar-refractivity contribution in [3.05, 3.63) is 33.5 Å². The molecule has 0 N–H and O–H groups in total. The molecule has 0 heterocycles. The van der Waals surface area contributed by atoms with Gasteiger partial charge in [-0.2, -0.15) is 0 Å². The first-order chi connectivity index (χ1) is 7.04. The minimum atomic E-state index is -0.416. The van der Waals surface area contributed by atoms with Crippen LogP contribution >= 0.6 is 15.9 Å². The maximum atomic E-state index is 13.5. The zero-order valence-electron chi connectivity index (χ0n) is 8.64. The van der Waals surface area contributed by atoms with Crippen molar-refractivity contribution >= 4 is 21.9 Å². The van der Waals surface area contributed by atoms with E-state index < -0.39 is 5.97 Å².